The number of phenols is 2. The lowest BCUT2D eigenvalue weighted by Crippen LogP contribution is -2.38. The molecular weight excluding hydrogens is 520 g/mol. The standard InChI is InChI=1S/C34H31ClN2O3/c1-23-6-3-4-9-33(23)37(34(40)36(2)35)19-18-24-7-5-8-25(20-24)21-32-30(26-10-13-28(38)14-11-26)16-12-27-22-29(39)15-17-31(27)32/h3-17,20,22,38-39H,18-19,21H2,1-2H3. The summed E-state index contributed by atoms with van der Waals surface area (Å²) in [6.45, 7) is 2.47. The average molecular weight is 551 g/mol. The lowest BCUT2D eigenvalue weighted by molar-refractivity contribution is 0.235. The van der Waals surface area contributed by atoms with Gasteiger partial charge in [0.05, 0.1) is 0 Å². The number of urea groups is 1. The fourth-order valence-corrected chi connectivity index (χ4v) is 5.27. The molecule has 40 heavy (non-hydrogen) atoms. The highest BCUT2D eigenvalue weighted by Gasteiger charge is 2.20. The Kier molecular flexibility index (Phi) is 7.94. The van der Waals surface area contributed by atoms with Crippen LogP contribution in [0.25, 0.3) is 21.9 Å². The Hall–Kier alpha value is -4.48. The number of hydrogen-bond donors (Lipinski definition) is 2. The molecule has 2 N–H and O–H groups in total. The van der Waals surface area contributed by atoms with Gasteiger partial charge in [0.25, 0.3) is 0 Å². The average Bonchev–Trinajstić information content (AvgIpc) is 2.94. The van der Waals surface area contributed by atoms with E-state index in [1.165, 1.54) is 0 Å². The van der Waals surface area contributed by atoms with E-state index in [1.54, 1.807) is 36.2 Å². The number of aryl methyl sites for hydroxylation is 1. The SMILES string of the molecule is Cc1ccccc1N(CCc1cccc(Cc2c(-c3ccc(O)cc3)ccc3cc(O)ccc23)c1)C(=O)N(C)Cl. The molecular formula is C34H31ClN2O3. The second-order valence-corrected chi connectivity index (χ2v) is 10.5. The Morgan fingerprint density at radius 2 is 1.52 bits per heavy atom. The van der Waals surface area contributed by atoms with Gasteiger partial charge in [-0.1, -0.05) is 72.8 Å². The van der Waals surface area contributed by atoms with Crippen molar-refractivity contribution in [2.75, 3.05) is 18.5 Å². The number of anilines is 1. The van der Waals surface area contributed by atoms with Crippen LogP contribution >= 0.6 is 11.8 Å². The van der Waals surface area contributed by atoms with Crippen LogP contribution < -0.4 is 4.90 Å². The van der Waals surface area contributed by atoms with Crippen molar-refractivity contribution in [3.05, 3.63) is 125 Å². The van der Waals surface area contributed by atoms with Crippen molar-refractivity contribution in [2.45, 2.75) is 19.8 Å². The van der Waals surface area contributed by atoms with Crippen LogP contribution in [-0.2, 0) is 12.8 Å². The van der Waals surface area contributed by atoms with E-state index in [4.69, 9.17) is 11.8 Å². The number of fused-ring (bicyclic) bond motifs is 1. The maximum absolute atomic E-state index is 13.0. The van der Waals surface area contributed by atoms with E-state index in [9.17, 15) is 15.0 Å². The Bertz CT molecular complexity index is 1660. The fraction of sp³-hybridized carbons (Fsp3) is 0.147. The van der Waals surface area contributed by atoms with Gasteiger partial charge in [-0.05, 0) is 94.3 Å². The molecule has 0 fully saturated rings. The molecule has 6 heteroatoms. The minimum atomic E-state index is -0.273. The van der Waals surface area contributed by atoms with Crippen LogP contribution in [0, 0.1) is 6.92 Å². The Labute approximate surface area is 239 Å². The van der Waals surface area contributed by atoms with Crippen molar-refractivity contribution in [3.8, 4) is 22.6 Å². The first-order valence-electron chi connectivity index (χ1n) is 13.2. The summed E-state index contributed by atoms with van der Waals surface area (Å²) in [5, 5.41) is 21.9. The van der Waals surface area contributed by atoms with Crippen molar-refractivity contribution in [1.82, 2.24) is 4.42 Å². The van der Waals surface area contributed by atoms with E-state index in [1.807, 2.05) is 55.5 Å². The summed E-state index contributed by atoms with van der Waals surface area (Å²) in [4.78, 5) is 14.7. The molecule has 0 bridgehead atoms. The van der Waals surface area contributed by atoms with Gasteiger partial charge in [0.15, 0.2) is 0 Å². The normalized spacial score (nSPS) is 11.0. The molecule has 5 rings (SSSR count). The highest BCUT2D eigenvalue weighted by molar-refractivity contribution is 6.22. The maximum Gasteiger partial charge on any atom is 0.338 e. The third-order valence-corrected chi connectivity index (χ3v) is 7.33. The Morgan fingerprint density at radius 3 is 2.27 bits per heavy atom. The highest BCUT2D eigenvalue weighted by Crippen LogP contribution is 2.34. The van der Waals surface area contributed by atoms with E-state index >= 15 is 0 Å². The number of carbonyl (C=O) groups excluding carboxylic acids is 1. The van der Waals surface area contributed by atoms with E-state index in [2.05, 4.69) is 30.3 Å². The van der Waals surface area contributed by atoms with Crippen LogP contribution in [0.5, 0.6) is 11.5 Å². The van der Waals surface area contributed by atoms with Gasteiger partial charge in [0, 0.05) is 31.1 Å². The Morgan fingerprint density at radius 1 is 0.800 bits per heavy atom. The molecule has 0 aromatic heterocycles. The van der Waals surface area contributed by atoms with Gasteiger partial charge in [-0.15, -0.1) is 0 Å². The van der Waals surface area contributed by atoms with E-state index in [-0.39, 0.29) is 17.5 Å². The number of phenolic OH excluding ortho intramolecular Hbond substituents is 2. The van der Waals surface area contributed by atoms with Gasteiger partial charge in [0.1, 0.15) is 11.5 Å². The smallest absolute Gasteiger partial charge is 0.338 e. The van der Waals surface area contributed by atoms with Crippen LogP contribution in [0.2, 0.25) is 0 Å². The number of amides is 2. The summed E-state index contributed by atoms with van der Waals surface area (Å²) in [6.07, 6.45) is 1.34. The zero-order valence-electron chi connectivity index (χ0n) is 22.5. The minimum absolute atomic E-state index is 0.224. The summed E-state index contributed by atoms with van der Waals surface area (Å²) in [7, 11) is 1.55. The molecule has 0 radical (unpaired) electrons. The van der Waals surface area contributed by atoms with Crippen molar-refractivity contribution in [1.29, 1.82) is 0 Å². The van der Waals surface area contributed by atoms with Gasteiger partial charge in [-0.3, -0.25) is 4.90 Å². The monoisotopic (exact) mass is 550 g/mol. The molecule has 5 aromatic rings. The number of carbonyl (C=O) groups is 1. The maximum atomic E-state index is 13.0. The lowest BCUT2D eigenvalue weighted by Gasteiger charge is -2.26. The molecule has 0 atom stereocenters. The highest BCUT2D eigenvalue weighted by atomic mass is 35.5. The lowest BCUT2D eigenvalue weighted by atomic mass is 9.89. The van der Waals surface area contributed by atoms with Gasteiger partial charge in [0.2, 0.25) is 0 Å². The predicted octanol–water partition coefficient (Wildman–Crippen LogP) is 8.07. The number of hydrogen-bond acceptors (Lipinski definition) is 3. The third-order valence-electron chi connectivity index (χ3n) is 7.19. The topological polar surface area (TPSA) is 64.0 Å². The number of halogens is 1. The second kappa shape index (κ2) is 11.7. The molecule has 0 heterocycles. The van der Waals surface area contributed by atoms with Crippen LogP contribution in [-0.4, -0.2) is 34.3 Å². The summed E-state index contributed by atoms with van der Waals surface area (Å²) in [5.74, 6) is 0.454. The first kappa shape index (κ1) is 27.1. The summed E-state index contributed by atoms with van der Waals surface area (Å²) in [6, 6.07) is 32.7. The molecule has 0 spiro atoms. The molecule has 0 aliphatic carbocycles. The van der Waals surface area contributed by atoms with E-state index < -0.39 is 0 Å². The molecule has 0 unspecified atom stereocenters. The summed E-state index contributed by atoms with van der Waals surface area (Å²) in [5.41, 5.74) is 7.33. The first-order chi connectivity index (χ1) is 19.3. The molecule has 0 aliphatic rings. The van der Waals surface area contributed by atoms with Crippen LogP contribution in [0.4, 0.5) is 10.5 Å². The first-order valence-corrected chi connectivity index (χ1v) is 13.5. The largest absolute Gasteiger partial charge is 0.508 e. The van der Waals surface area contributed by atoms with Crippen LogP contribution in [0.1, 0.15) is 22.3 Å². The zero-order valence-corrected chi connectivity index (χ0v) is 23.3. The molecule has 5 nitrogen and oxygen atoms in total. The van der Waals surface area contributed by atoms with E-state index in [0.29, 0.717) is 19.4 Å². The van der Waals surface area contributed by atoms with Gasteiger partial charge >= 0.3 is 6.03 Å². The van der Waals surface area contributed by atoms with Gasteiger partial charge in [-0.25, -0.2) is 9.21 Å². The molecule has 202 valence electrons. The summed E-state index contributed by atoms with van der Waals surface area (Å²) >= 11 is 6.07. The van der Waals surface area contributed by atoms with Crippen molar-refractivity contribution in [2.24, 2.45) is 0 Å². The molecule has 2 amide bonds. The number of benzene rings is 5. The van der Waals surface area contributed by atoms with Crippen molar-refractivity contribution < 1.29 is 15.0 Å². The minimum Gasteiger partial charge on any atom is -0.508 e. The second-order valence-electron chi connectivity index (χ2n) is 9.99. The van der Waals surface area contributed by atoms with Crippen LogP contribution in [0.3, 0.4) is 0 Å². The van der Waals surface area contributed by atoms with Crippen LogP contribution in [0.15, 0.2) is 103 Å². The molecule has 0 saturated carbocycles. The number of aromatic hydroxyl groups is 2. The molecule has 5 aromatic carbocycles. The molecule has 0 saturated heterocycles. The van der Waals surface area contributed by atoms with Crippen molar-refractivity contribution in [3.63, 3.8) is 0 Å². The summed E-state index contributed by atoms with van der Waals surface area (Å²) < 4.78 is 1.09. The fourth-order valence-electron chi connectivity index (χ4n) is 5.18. The van der Waals surface area contributed by atoms with Gasteiger partial charge < -0.3 is 10.2 Å². The van der Waals surface area contributed by atoms with E-state index in [0.717, 1.165) is 54.3 Å². The third kappa shape index (κ3) is 5.90. The zero-order chi connectivity index (χ0) is 28.2. The predicted molar refractivity (Wildman–Crippen MR) is 163 cm³/mol. The quantitative estimate of drug-likeness (QED) is 0.201. The number of rotatable bonds is 7. The van der Waals surface area contributed by atoms with Gasteiger partial charge in [-0.2, -0.15) is 0 Å². The number of para-hydroxylation sites is 1. The Balaban J connectivity index is 1.46. The van der Waals surface area contributed by atoms with Crippen molar-refractivity contribution >= 4 is 34.3 Å². The number of nitrogens with zero attached hydrogens (tertiary/aromatic N) is 2. The molecule has 0 aliphatic heterocycles.